The molecule has 2 saturated carbocycles. The van der Waals surface area contributed by atoms with Gasteiger partial charge >= 0.3 is 0 Å². The lowest BCUT2D eigenvalue weighted by Gasteiger charge is -2.29. The first-order valence-corrected chi connectivity index (χ1v) is 12.0. The van der Waals surface area contributed by atoms with E-state index in [4.69, 9.17) is 9.47 Å². The van der Waals surface area contributed by atoms with E-state index in [1.54, 1.807) is 11.3 Å². The minimum absolute atomic E-state index is 0.00399. The lowest BCUT2D eigenvalue weighted by Crippen LogP contribution is -2.45. The quantitative estimate of drug-likeness (QED) is 0.618. The SMILES string of the molecule is O=C(CN(C(=O)C1CCCC1)C1CC1)N(Cc1ccc2c(c1)OCO2)Cc1cccs1. The van der Waals surface area contributed by atoms with Crippen molar-refractivity contribution >= 4 is 23.2 Å². The average Bonchev–Trinajstić information content (AvgIpc) is 3.21. The van der Waals surface area contributed by atoms with E-state index in [1.165, 1.54) is 0 Å². The molecule has 3 aliphatic rings. The molecular formula is C24H28N2O4S. The maximum atomic E-state index is 13.5. The molecule has 2 amide bonds. The normalized spacial score (nSPS) is 17.7. The molecule has 0 atom stereocenters. The van der Waals surface area contributed by atoms with E-state index in [0.717, 1.165) is 60.5 Å². The zero-order valence-corrected chi connectivity index (χ0v) is 18.4. The lowest BCUT2D eigenvalue weighted by atomic mass is 10.1. The van der Waals surface area contributed by atoms with Crippen molar-refractivity contribution in [1.29, 1.82) is 0 Å². The van der Waals surface area contributed by atoms with Gasteiger partial charge in [-0.25, -0.2) is 0 Å². The molecule has 1 aliphatic heterocycles. The molecule has 2 fully saturated rings. The Kier molecular flexibility index (Phi) is 5.85. The minimum atomic E-state index is 0.00399. The maximum Gasteiger partial charge on any atom is 0.242 e. The Morgan fingerprint density at radius 2 is 1.81 bits per heavy atom. The van der Waals surface area contributed by atoms with Crippen LogP contribution in [0.1, 0.15) is 49.0 Å². The molecule has 31 heavy (non-hydrogen) atoms. The molecule has 5 rings (SSSR count). The third-order valence-electron chi connectivity index (χ3n) is 6.37. The van der Waals surface area contributed by atoms with E-state index in [2.05, 4.69) is 0 Å². The fourth-order valence-corrected chi connectivity index (χ4v) is 5.23. The number of nitrogens with zero attached hydrogens (tertiary/aromatic N) is 2. The van der Waals surface area contributed by atoms with Gasteiger partial charge in [-0.15, -0.1) is 11.3 Å². The van der Waals surface area contributed by atoms with Crippen molar-refractivity contribution in [3.05, 3.63) is 46.2 Å². The molecule has 1 aromatic carbocycles. The summed E-state index contributed by atoms with van der Waals surface area (Å²) in [6.45, 7) is 1.43. The second-order valence-corrected chi connectivity index (χ2v) is 9.73. The number of ether oxygens (including phenoxy) is 2. The molecule has 1 aromatic heterocycles. The smallest absolute Gasteiger partial charge is 0.242 e. The van der Waals surface area contributed by atoms with Crippen LogP contribution >= 0.6 is 11.3 Å². The van der Waals surface area contributed by atoms with Crippen LogP contribution < -0.4 is 9.47 Å². The van der Waals surface area contributed by atoms with Gasteiger partial charge in [0.05, 0.1) is 6.54 Å². The molecule has 6 nitrogen and oxygen atoms in total. The molecule has 0 spiro atoms. The highest BCUT2D eigenvalue weighted by molar-refractivity contribution is 7.09. The summed E-state index contributed by atoms with van der Waals surface area (Å²) in [4.78, 5) is 31.4. The number of thiophene rings is 1. The molecule has 0 radical (unpaired) electrons. The first-order chi connectivity index (χ1) is 15.2. The largest absolute Gasteiger partial charge is 0.454 e. The standard InChI is InChI=1S/C24H28N2O4S/c27-23(15-26(19-8-9-19)24(28)18-4-1-2-5-18)25(14-20-6-3-11-31-20)13-17-7-10-21-22(12-17)30-16-29-21/h3,6-7,10-12,18-19H,1-2,4-5,8-9,13-16H2. The van der Waals surface area contributed by atoms with Gasteiger partial charge in [0.25, 0.3) is 0 Å². The van der Waals surface area contributed by atoms with Gasteiger partial charge in [-0.3, -0.25) is 9.59 Å². The number of hydrogen-bond donors (Lipinski definition) is 0. The molecule has 164 valence electrons. The monoisotopic (exact) mass is 440 g/mol. The number of carbonyl (C=O) groups is 2. The van der Waals surface area contributed by atoms with Crippen LogP contribution in [0.2, 0.25) is 0 Å². The summed E-state index contributed by atoms with van der Waals surface area (Å²) >= 11 is 1.64. The molecule has 2 aliphatic carbocycles. The summed E-state index contributed by atoms with van der Waals surface area (Å²) in [5.74, 6) is 1.75. The van der Waals surface area contributed by atoms with Gasteiger partial charge in [0.1, 0.15) is 6.54 Å². The second kappa shape index (κ2) is 8.91. The zero-order chi connectivity index (χ0) is 21.2. The van der Waals surface area contributed by atoms with Gasteiger partial charge in [-0.1, -0.05) is 25.0 Å². The topological polar surface area (TPSA) is 59.1 Å². The van der Waals surface area contributed by atoms with Crippen LogP contribution in [0.15, 0.2) is 35.7 Å². The van der Waals surface area contributed by atoms with Gasteiger partial charge < -0.3 is 19.3 Å². The predicted octanol–water partition coefficient (Wildman–Crippen LogP) is 4.19. The van der Waals surface area contributed by atoms with Crippen LogP contribution in [-0.2, 0) is 22.7 Å². The van der Waals surface area contributed by atoms with Crippen LogP contribution in [0.4, 0.5) is 0 Å². The van der Waals surface area contributed by atoms with Crippen molar-refractivity contribution in [2.24, 2.45) is 5.92 Å². The minimum Gasteiger partial charge on any atom is -0.454 e. The molecule has 2 heterocycles. The number of hydrogen-bond acceptors (Lipinski definition) is 5. The van der Waals surface area contributed by atoms with E-state index >= 15 is 0 Å². The van der Waals surface area contributed by atoms with Crippen LogP contribution in [0.3, 0.4) is 0 Å². The predicted molar refractivity (Wildman–Crippen MR) is 118 cm³/mol. The van der Waals surface area contributed by atoms with Crippen molar-refractivity contribution in [2.75, 3.05) is 13.3 Å². The van der Waals surface area contributed by atoms with E-state index in [0.29, 0.717) is 13.1 Å². The van der Waals surface area contributed by atoms with Crippen LogP contribution in [-0.4, -0.2) is 41.0 Å². The van der Waals surface area contributed by atoms with E-state index in [1.807, 2.05) is 45.5 Å². The summed E-state index contributed by atoms with van der Waals surface area (Å²) in [6, 6.07) is 10.1. The Morgan fingerprint density at radius 1 is 1.00 bits per heavy atom. The van der Waals surface area contributed by atoms with Crippen LogP contribution in [0.5, 0.6) is 11.5 Å². The number of rotatable bonds is 8. The molecule has 0 unspecified atom stereocenters. The Labute approximate surface area is 186 Å². The fraction of sp³-hybridized carbons (Fsp3) is 0.500. The Morgan fingerprint density at radius 3 is 2.55 bits per heavy atom. The average molecular weight is 441 g/mol. The molecular weight excluding hydrogens is 412 g/mol. The first kappa shape index (κ1) is 20.4. The number of amides is 2. The van der Waals surface area contributed by atoms with E-state index < -0.39 is 0 Å². The van der Waals surface area contributed by atoms with Crippen molar-refractivity contribution < 1.29 is 19.1 Å². The zero-order valence-electron chi connectivity index (χ0n) is 17.6. The molecule has 0 saturated heterocycles. The molecule has 0 N–H and O–H groups in total. The lowest BCUT2D eigenvalue weighted by molar-refractivity contribution is -0.144. The van der Waals surface area contributed by atoms with Gasteiger partial charge in [0, 0.05) is 23.4 Å². The van der Waals surface area contributed by atoms with E-state index in [-0.39, 0.29) is 37.1 Å². The summed E-state index contributed by atoms with van der Waals surface area (Å²) < 4.78 is 10.9. The number of fused-ring (bicyclic) bond motifs is 1. The third kappa shape index (κ3) is 4.71. The highest BCUT2D eigenvalue weighted by Gasteiger charge is 2.38. The summed E-state index contributed by atoms with van der Waals surface area (Å²) in [5, 5.41) is 2.03. The molecule has 2 aromatic rings. The number of benzene rings is 1. The second-order valence-electron chi connectivity index (χ2n) is 8.70. The molecule has 7 heteroatoms. The number of carbonyl (C=O) groups excluding carboxylic acids is 2. The highest BCUT2D eigenvalue weighted by Crippen LogP contribution is 2.34. The Bertz CT molecular complexity index is 935. The van der Waals surface area contributed by atoms with E-state index in [9.17, 15) is 9.59 Å². The third-order valence-corrected chi connectivity index (χ3v) is 7.23. The first-order valence-electron chi connectivity index (χ1n) is 11.2. The Balaban J connectivity index is 1.32. The molecule has 0 bridgehead atoms. The van der Waals surface area contributed by atoms with Gasteiger partial charge in [0.15, 0.2) is 11.5 Å². The summed E-state index contributed by atoms with van der Waals surface area (Å²) in [5.41, 5.74) is 0.995. The Hall–Kier alpha value is -2.54. The van der Waals surface area contributed by atoms with Crippen molar-refractivity contribution in [1.82, 2.24) is 9.80 Å². The van der Waals surface area contributed by atoms with Crippen LogP contribution in [0, 0.1) is 5.92 Å². The summed E-state index contributed by atoms with van der Waals surface area (Å²) in [7, 11) is 0. The van der Waals surface area contributed by atoms with Crippen molar-refractivity contribution in [3.63, 3.8) is 0 Å². The van der Waals surface area contributed by atoms with Gasteiger partial charge in [-0.2, -0.15) is 0 Å². The van der Waals surface area contributed by atoms with Gasteiger partial charge in [0.2, 0.25) is 18.6 Å². The van der Waals surface area contributed by atoms with Crippen molar-refractivity contribution in [2.45, 2.75) is 57.7 Å². The van der Waals surface area contributed by atoms with Gasteiger partial charge in [-0.05, 0) is 54.8 Å². The van der Waals surface area contributed by atoms with Crippen molar-refractivity contribution in [3.8, 4) is 11.5 Å². The van der Waals surface area contributed by atoms with Crippen LogP contribution in [0.25, 0.3) is 0 Å². The summed E-state index contributed by atoms with van der Waals surface area (Å²) in [6.07, 6.45) is 6.20. The highest BCUT2D eigenvalue weighted by atomic mass is 32.1. The fourth-order valence-electron chi connectivity index (χ4n) is 4.51. The maximum absolute atomic E-state index is 13.5.